The number of rotatable bonds is 4. The summed E-state index contributed by atoms with van der Waals surface area (Å²) in [7, 11) is 4.07. The summed E-state index contributed by atoms with van der Waals surface area (Å²) in [4.78, 5) is 7.31. The minimum absolute atomic E-state index is 0.721. The smallest absolute Gasteiger partial charge is 0.213 e. The molecule has 0 saturated carbocycles. The van der Waals surface area contributed by atoms with Gasteiger partial charge in [0.15, 0.2) is 5.82 Å². The number of aromatic nitrogens is 2. The normalized spacial score (nSPS) is 10.4. The van der Waals surface area contributed by atoms with Crippen LogP contribution in [0, 0.1) is 0 Å². The maximum atomic E-state index is 4.70. The van der Waals surface area contributed by atoms with Crippen molar-refractivity contribution >= 4 is 17.4 Å². The second kappa shape index (κ2) is 5.03. The first-order valence-electron chi connectivity index (χ1n) is 4.92. The molecule has 2 rings (SSSR count). The summed E-state index contributed by atoms with van der Waals surface area (Å²) in [5, 5.41) is 3.79. The Morgan fingerprint density at radius 2 is 2.12 bits per heavy atom. The van der Waals surface area contributed by atoms with Gasteiger partial charge in [-0.05, 0) is 12.1 Å². The number of para-hydroxylation sites is 1. The Bertz CT molecular complexity index is 442. The number of hydrogen-bond donors (Lipinski definition) is 0. The Morgan fingerprint density at radius 1 is 1.31 bits per heavy atom. The van der Waals surface area contributed by atoms with E-state index in [-0.39, 0.29) is 0 Å². The van der Waals surface area contributed by atoms with E-state index in [1.54, 1.807) is 11.8 Å². The molecule has 1 heterocycles. The topological polar surface area (TPSA) is 42.2 Å². The standard InChI is InChI=1S/C11H13N3OS/c1-14(2)9-5-3-4-6-10(9)16-7-11-12-8-15-13-11/h3-6,8H,7H2,1-2H3. The third-order valence-corrected chi connectivity index (χ3v) is 3.17. The van der Waals surface area contributed by atoms with E-state index in [1.807, 2.05) is 26.2 Å². The van der Waals surface area contributed by atoms with Crippen LogP contribution in [0.2, 0.25) is 0 Å². The lowest BCUT2D eigenvalue weighted by Gasteiger charge is -2.16. The van der Waals surface area contributed by atoms with Crippen LogP contribution in [0.1, 0.15) is 5.82 Å². The fraction of sp³-hybridized carbons (Fsp3) is 0.273. The fourth-order valence-corrected chi connectivity index (χ4v) is 2.33. The number of hydrogen-bond acceptors (Lipinski definition) is 5. The molecule has 0 radical (unpaired) electrons. The molecule has 0 bridgehead atoms. The molecule has 0 amide bonds. The zero-order valence-electron chi connectivity index (χ0n) is 9.25. The predicted octanol–water partition coefficient (Wildman–Crippen LogP) is 2.43. The molecule has 4 nitrogen and oxygen atoms in total. The van der Waals surface area contributed by atoms with Crippen LogP contribution in [0.25, 0.3) is 0 Å². The highest BCUT2D eigenvalue weighted by molar-refractivity contribution is 7.98. The van der Waals surface area contributed by atoms with Crippen LogP contribution in [0.5, 0.6) is 0 Å². The van der Waals surface area contributed by atoms with Crippen molar-refractivity contribution in [2.24, 2.45) is 0 Å². The minimum Gasteiger partial charge on any atom is -0.377 e. The fourth-order valence-electron chi connectivity index (χ4n) is 1.35. The van der Waals surface area contributed by atoms with Crippen molar-refractivity contribution in [2.75, 3.05) is 19.0 Å². The van der Waals surface area contributed by atoms with Crippen LogP contribution in [0.15, 0.2) is 40.1 Å². The molecule has 0 saturated heterocycles. The van der Waals surface area contributed by atoms with Gasteiger partial charge in [-0.1, -0.05) is 17.3 Å². The number of benzene rings is 1. The van der Waals surface area contributed by atoms with Gasteiger partial charge in [0, 0.05) is 24.7 Å². The minimum atomic E-state index is 0.721. The third-order valence-electron chi connectivity index (χ3n) is 2.11. The van der Waals surface area contributed by atoms with E-state index in [0.29, 0.717) is 0 Å². The zero-order chi connectivity index (χ0) is 11.4. The Labute approximate surface area is 98.7 Å². The number of thioether (sulfide) groups is 1. The molecular formula is C11H13N3OS. The Balaban J connectivity index is 2.09. The van der Waals surface area contributed by atoms with Crippen molar-refractivity contribution in [3.63, 3.8) is 0 Å². The van der Waals surface area contributed by atoms with Gasteiger partial charge in [0.25, 0.3) is 0 Å². The van der Waals surface area contributed by atoms with Crippen LogP contribution in [0.3, 0.4) is 0 Å². The monoisotopic (exact) mass is 235 g/mol. The molecule has 0 spiro atoms. The third kappa shape index (κ3) is 2.55. The first-order chi connectivity index (χ1) is 7.77. The highest BCUT2D eigenvalue weighted by Gasteiger charge is 2.06. The molecule has 0 atom stereocenters. The quantitative estimate of drug-likeness (QED) is 0.761. The summed E-state index contributed by atoms with van der Waals surface area (Å²) in [5.74, 6) is 1.44. The summed E-state index contributed by atoms with van der Waals surface area (Å²) in [6.45, 7) is 0. The van der Waals surface area contributed by atoms with E-state index in [2.05, 4.69) is 27.2 Å². The van der Waals surface area contributed by atoms with Crippen LogP contribution < -0.4 is 4.90 Å². The Kier molecular flexibility index (Phi) is 3.46. The van der Waals surface area contributed by atoms with Gasteiger partial charge in [0.2, 0.25) is 6.39 Å². The van der Waals surface area contributed by atoms with Crippen molar-refractivity contribution < 1.29 is 4.52 Å². The van der Waals surface area contributed by atoms with E-state index in [9.17, 15) is 0 Å². The number of anilines is 1. The van der Waals surface area contributed by atoms with Crippen molar-refractivity contribution in [1.29, 1.82) is 0 Å². The maximum Gasteiger partial charge on any atom is 0.213 e. The lowest BCUT2D eigenvalue weighted by molar-refractivity contribution is 0.412. The van der Waals surface area contributed by atoms with Crippen molar-refractivity contribution in [1.82, 2.24) is 10.1 Å². The van der Waals surface area contributed by atoms with Gasteiger partial charge >= 0.3 is 0 Å². The summed E-state index contributed by atoms with van der Waals surface area (Å²) in [6.07, 6.45) is 1.35. The van der Waals surface area contributed by atoms with Gasteiger partial charge in [0.05, 0.1) is 5.75 Å². The molecule has 16 heavy (non-hydrogen) atoms. The Morgan fingerprint density at radius 3 is 2.81 bits per heavy atom. The summed E-state index contributed by atoms with van der Waals surface area (Å²) < 4.78 is 4.70. The molecule has 0 aliphatic heterocycles. The average molecular weight is 235 g/mol. The van der Waals surface area contributed by atoms with E-state index in [0.717, 1.165) is 11.6 Å². The SMILES string of the molecule is CN(C)c1ccccc1SCc1ncon1. The first-order valence-corrected chi connectivity index (χ1v) is 5.90. The van der Waals surface area contributed by atoms with Gasteiger partial charge in [0.1, 0.15) is 0 Å². The van der Waals surface area contributed by atoms with Gasteiger partial charge < -0.3 is 9.42 Å². The highest BCUT2D eigenvalue weighted by atomic mass is 32.2. The molecule has 0 aliphatic carbocycles. The summed E-state index contributed by atoms with van der Waals surface area (Å²) in [6, 6.07) is 8.26. The van der Waals surface area contributed by atoms with Gasteiger partial charge in [-0.25, -0.2) is 0 Å². The molecule has 84 valence electrons. The summed E-state index contributed by atoms with van der Waals surface area (Å²) >= 11 is 1.71. The van der Waals surface area contributed by atoms with E-state index < -0.39 is 0 Å². The molecular weight excluding hydrogens is 222 g/mol. The van der Waals surface area contributed by atoms with Crippen molar-refractivity contribution in [3.05, 3.63) is 36.5 Å². The lowest BCUT2D eigenvalue weighted by atomic mass is 10.3. The molecule has 1 aromatic carbocycles. The predicted molar refractivity (Wildman–Crippen MR) is 64.6 cm³/mol. The molecule has 5 heteroatoms. The van der Waals surface area contributed by atoms with E-state index in [4.69, 9.17) is 4.52 Å². The molecule has 0 N–H and O–H groups in total. The molecule has 2 aromatic rings. The van der Waals surface area contributed by atoms with Crippen molar-refractivity contribution in [2.45, 2.75) is 10.6 Å². The van der Waals surface area contributed by atoms with E-state index >= 15 is 0 Å². The summed E-state index contributed by atoms with van der Waals surface area (Å²) in [5.41, 5.74) is 1.20. The largest absolute Gasteiger partial charge is 0.377 e. The number of nitrogens with zero attached hydrogens (tertiary/aromatic N) is 3. The van der Waals surface area contributed by atoms with Crippen LogP contribution in [-0.2, 0) is 5.75 Å². The first kappa shape index (κ1) is 11.0. The van der Waals surface area contributed by atoms with Gasteiger partial charge in [-0.3, -0.25) is 0 Å². The zero-order valence-corrected chi connectivity index (χ0v) is 10.1. The van der Waals surface area contributed by atoms with Crippen molar-refractivity contribution in [3.8, 4) is 0 Å². The average Bonchev–Trinajstić information content (AvgIpc) is 2.79. The van der Waals surface area contributed by atoms with Crippen LogP contribution in [-0.4, -0.2) is 24.2 Å². The molecule has 0 fully saturated rings. The maximum absolute atomic E-state index is 4.70. The molecule has 0 aliphatic rings. The van der Waals surface area contributed by atoms with Crippen LogP contribution >= 0.6 is 11.8 Å². The second-order valence-corrected chi connectivity index (χ2v) is 4.52. The second-order valence-electron chi connectivity index (χ2n) is 3.50. The Hall–Kier alpha value is -1.49. The van der Waals surface area contributed by atoms with E-state index in [1.165, 1.54) is 17.0 Å². The lowest BCUT2D eigenvalue weighted by Crippen LogP contribution is -2.09. The van der Waals surface area contributed by atoms with Gasteiger partial charge in [-0.15, -0.1) is 11.8 Å². The molecule has 0 unspecified atom stereocenters. The highest BCUT2D eigenvalue weighted by Crippen LogP contribution is 2.30. The van der Waals surface area contributed by atoms with Crippen LogP contribution in [0.4, 0.5) is 5.69 Å². The molecule has 1 aromatic heterocycles. The van der Waals surface area contributed by atoms with Gasteiger partial charge in [-0.2, -0.15) is 4.98 Å².